The number of anilines is 3. The van der Waals surface area contributed by atoms with E-state index < -0.39 is 11.9 Å². The lowest BCUT2D eigenvalue weighted by molar-refractivity contribution is 0.261. The van der Waals surface area contributed by atoms with Crippen LogP contribution in [0.2, 0.25) is 5.02 Å². The van der Waals surface area contributed by atoms with Gasteiger partial charge in [-0.15, -0.1) is 0 Å². The average Bonchev–Trinajstić information content (AvgIpc) is 3.09. The summed E-state index contributed by atoms with van der Waals surface area (Å²) in [5.74, 6) is -0.576. The monoisotopic (exact) mass is 372 g/mol. The third kappa shape index (κ3) is 3.97. The number of hydrogen-bond donors (Lipinski definition) is 4. The molecule has 132 valence electrons. The first-order valence-electron chi connectivity index (χ1n) is 7.33. The first kappa shape index (κ1) is 17.4. The maximum Gasteiger partial charge on any atom is 0.325 e. The first-order valence-corrected chi connectivity index (χ1v) is 7.71. The Morgan fingerprint density at radius 3 is 2.62 bits per heavy atom. The normalized spacial score (nSPS) is 10.2. The molecule has 0 bridgehead atoms. The summed E-state index contributed by atoms with van der Waals surface area (Å²) in [4.78, 5) is 12.0. The van der Waals surface area contributed by atoms with Gasteiger partial charge in [0.15, 0.2) is 11.5 Å². The van der Waals surface area contributed by atoms with Crippen molar-refractivity contribution in [1.29, 1.82) is 5.41 Å². The van der Waals surface area contributed by atoms with Crippen LogP contribution in [0, 0.1) is 5.41 Å². The Balaban J connectivity index is 1.73. The van der Waals surface area contributed by atoms with Gasteiger partial charge in [-0.05, 0) is 40.6 Å². The van der Waals surface area contributed by atoms with Crippen LogP contribution in [0.15, 0.2) is 59.2 Å². The van der Waals surface area contributed by atoms with Gasteiger partial charge in [0.25, 0.3) is 0 Å². The summed E-state index contributed by atoms with van der Waals surface area (Å²) in [6.45, 7) is 0. The summed E-state index contributed by atoms with van der Waals surface area (Å²) >= 11 is 5.88. The van der Waals surface area contributed by atoms with Gasteiger partial charge < -0.3 is 5.32 Å². The quantitative estimate of drug-likeness (QED) is 0.315. The van der Waals surface area contributed by atoms with E-state index in [4.69, 9.17) is 17.0 Å². The van der Waals surface area contributed by atoms with Gasteiger partial charge in [-0.3, -0.25) is 15.9 Å². The molecular formula is C16H13ClN6O3. The summed E-state index contributed by atoms with van der Waals surface area (Å²) in [6, 6.07) is 14.4. The molecule has 0 aliphatic carbocycles. The fourth-order valence-corrected chi connectivity index (χ4v) is 2.24. The molecule has 0 saturated carbocycles. The molecule has 4 N–H and O–H groups in total. The number of benzene rings is 2. The van der Waals surface area contributed by atoms with E-state index >= 15 is 0 Å². The lowest BCUT2D eigenvalue weighted by atomic mass is 10.3. The number of nitrogens with one attached hydrogen (secondary N) is 3. The molecule has 1 heterocycles. The molecule has 0 aliphatic heterocycles. The molecule has 10 heteroatoms. The Hall–Kier alpha value is -3.43. The molecule has 0 atom stereocenters. The highest BCUT2D eigenvalue weighted by Gasteiger charge is 2.22. The van der Waals surface area contributed by atoms with Crippen molar-refractivity contribution in [2.24, 2.45) is 0 Å². The third-order valence-corrected chi connectivity index (χ3v) is 3.48. The topological polar surface area (TPSA) is 127 Å². The highest BCUT2D eigenvalue weighted by molar-refractivity contribution is 6.31. The Bertz CT molecular complexity index is 930. The highest BCUT2D eigenvalue weighted by atomic mass is 35.5. The zero-order valence-electron chi connectivity index (χ0n) is 13.2. The number of urea groups is 1. The molecule has 2 amide bonds. The zero-order chi connectivity index (χ0) is 18.5. The van der Waals surface area contributed by atoms with Crippen molar-refractivity contribution in [2.75, 3.05) is 15.7 Å². The van der Waals surface area contributed by atoms with E-state index in [0.29, 0.717) is 15.8 Å². The number of para-hydroxylation sites is 1. The van der Waals surface area contributed by atoms with Crippen molar-refractivity contribution in [3.63, 3.8) is 0 Å². The number of carbonyl (C=O) groups excluding carboxylic acids is 1. The van der Waals surface area contributed by atoms with Crippen molar-refractivity contribution in [2.45, 2.75) is 0 Å². The summed E-state index contributed by atoms with van der Waals surface area (Å²) in [5, 5.41) is 31.3. The predicted molar refractivity (Wildman–Crippen MR) is 95.9 cm³/mol. The minimum Gasteiger partial charge on any atom is -0.308 e. The zero-order valence-corrected chi connectivity index (χ0v) is 13.9. The number of hydroxylamine groups is 1. The van der Waals surface area contributed by atoms with Gasteiger partial charge in [-0.2, -0.15) is 0 Å². The van der Waals surface area contributed by atoms with E-state index in [9.17, 15) is 10.0 Å². The Kier molecular flexibility index (Phi) is 5.11. The minimum atomic E-state index is -0.604. The number of hydrogen-bond acceptors (Lipinski definition) is 6. The molecule has 9 nitrogen and oxygen atoms in total. The molecule has 0 spiro atoms. The maximum absolute atomic E-state index is 12.0. The van der Waals surface area contributed by atoms with Gasteiger partial charge in [-0.1, -0.05) is 35.9 Å². The molecule has 3 aromatic rings. The molecule has 0 radical (unpaired) electrons. The second kappa shape index (κ2) is 7.64. The fraction of sp³-hybridized carbons (Fsp3) is 0. The van der Waals surface area contributed by atoms with Crippen LogP contribution in [0.3, 0.4) is 0 Å². The van der Waals surface area contributed by atoms with Crippen LogP contribution < -0.4 is 15.7 Å². The van der Waals surface area contributed by atoms with E-state index in [1.165, 1.54) is 6.07 Å². The fourth-order valence-electron chi connectivity index (χ4n) is 2.05. The van der Waals surface area contributed by atoms with Gasteiger partial charge in [0, 0.05) is 10.7 Å². The van der Waals surface area contributed by atoms with Crippen LogP contribution >= 0.6 is 11.6 Å². The lowest BCUT2D eigenvalue weighted by Crippen LogP contribution is -2.29. The van der Waals surface area contributed by atoms with Gasteiger partial charge in [0.05, 0.1) is 5.69 Å². The summed E-state index contributed by atoms with van der Waals surface area (Å²) in [6.07, 6.45) is 0. The number of aromatic nitrogens is 2. The van der Waals surface area contributed by atoms with Crippen LogP contribution in [0.1, 0.15) is 5.69 Å². The minimum absolute atomic E-state index is 0.121. The molecule has 0 unspecified atom stereocenters. The van der Waals surface area contributed by atoms with Crippen LogP contribution in [-0.2, 0) is 0 Å². The van der Waals surface area contributed by atoms with Crippen molar-refractivity contribution in [3.8, 4) is 0 Å². The largest absolute Gasteiger partial charge is 0.325 e. The number of amides is 2. The van der Waals surface area contributed by atoms with Crippen molar-refractivity contribution >= 4 is 40.7 Å². The smallest absolute Gasteiger partial charge is 0.308 e. The predicted octanol–water partition coefficient (Wildman–Crippen LogP) is 3.59. The van der Waals surface area contributed by atoms with E-state index in [-0.39, 0.29) is 17.2 Å². The second-order valence-electron chi connectivity index (χ2n) is 5.05. The number of halogens is 1. The van der Waals surface area contributed by atoms with Crippen molar-refractivity contribution < 1.29 is 14.6 Å². The maximum atomic E-state index is 12.0. The number of nitrogens with zero attached hydrogens (tertiary/aromatic N) is 3. The third-order valence-electron chi connectivity index (χ3n) is 3.24. The van der Waals surface area contributed by atoms with E-state index in [1.54, 1.807) is 42.5 Å². The number of rotatable bonds is 4. The lowest BCUT2D eigenvalue weighted by Gasteiger charge is -2.16. The van der Waals surface area contributed by atoms with Crippen molar-refractivity contribution in [1.82, 2.24) is 10.3 Å². The van der Waals surface area contributed by atoms with E-state index in [0.717, 1.165) is 0 Å². The van der Waals surface area contributed by atoms with Gasteiger partial charge in [-0.25, -0.2) is 14.5 Å². The van der Waals surface area contributed by atoms with Crippen LogP contribution in [-0.4, -0.2) is 27.4 Å². The summed E-state index contributed by atoms with van der Waals surface area (Å²) < 4.78 is 4.58. The SMILES string of the molecule is N=C(c1nonc1NC(=O)Nc1ccccc1)N(O)c1cccc(Cl)c1. The number of amidine groups is 1. The first-order chi connectivity index (χ1) is 12.5. The Morgan fingerprint density at radius 1 is 1.12 bits per heavy atom. The second-order valence-corrected chi connectivity index (χ2v) is 5.48. The number of carbonyl (C=O) groups is 1. The summed E-state index contributed by atoms with van der Waals surface area (Å²) in [7, 11) is 0. The van der Waals surface area contributed by atoms with Crippen LogP contribution in [0.5, 0.6) is 0 Å². The van der Waals surface area contributed by atoms with Crippen LogP contribution in [0.25, 0.3) is 0 Å². The Morgan fingerprint density at radius 2 is 1.88 bits per heavy atom. The molecule has 0 aliphatic rings. The molecule has 0 fully saturated rings. The van der Waals surface area contributed by atoms with Crippen molar-refractivity contribution in [3.05, 3.63) is 65.3 Å². The van der Waals surface area contributed by atoms with Gasteiger partial charge in [0.1, 0.15) is 0 Å². The average molecular weight is 373 g/mol. The summed E-state index contributed by atoms with van der Waals surface area (Å²) in [5.41, 5.74) is 0.654. The highest BCUT2D eigenvalue weighted by Crippen LogP contribution is 2.21. The molecule has 2 aromatic carbocycles. The Labute approximate surface area is 152 Å². The molecular weight excluding hydrogens is 360 g/mol. The van der Waals surface area contributed by atoms with E-state index in [2.05, 4.69) is 25.6 Å². The van der Waals surface area contributed by atoms with E-state index in [1.807, 2.05) is 6.07 Å². The molecule has 1 aromatic heterocycles. The van der Waals surface area contributed by atoms with Crippen LogP contribution in [0.4, 0.5) is 22.0 Å². The molecule has 26 heavy (non-hydrogen) atoms. The van der Waals surface area contributed by atoms with Gasteiger partial charge in [0.2, 0.25) is 5.82 Å². The molecule has 0 saturated heterocycles. The molecule has 3 rings (SSSR count). The standard InChI is InChI=1S/C16H13ClN6O3/c17-10-5-4-8-12(9-10)23(25)14(18)13-15(22-26-21-13)20-16(24)19-11-6-2-1-3-7-11/h1-9,18,25H,(H2,19,20,22,24). The van der Waals surface area contributed by atoms with Gasteiger partial charge >= 0.3 is 6.03 Å².